The number of hydrogen-bond acceptors (Lipinski definition) is 2. The molecule has 172 valence electrons. The van der Waals surface area contributed by atoms with Crippen molar-refractivity contribution in [2.24, 2.45) is 23.7 Å². The molecule has 3 fully saturated rings. The Morgan fingerprint density at radius 1 is 0.968 bits per heavy atom. The number of rotatable bonds is 7. The molecule has 0 spiro atoms. The van der Waals surface area contributed by atoms with Crippen molar-refractivity contribution in [1.29, 1.82) is 0 Å². The average molecular weight is 429 g/mol. The van der Waals surface area contributed by atoms with E-state index in [1.54, 1.807) is 6.07 Å². The molecule has 0 amide bonds. The zero-order valence-corrected chi connectivity index (χ0v) is 19.4. The van der Waals surface area contributed by atoms with Gasteiger partial charge in [-0.15, -0.1) is 6.58 Å². The molecule has 0 bridgehead atoms. The Bertz CT molecular complexity index is 693. The first-order chi connectivity index (χ1) is 15.1. The van der Waals surface area contributed by atoms with Crippen LogP contribution in [0.5, 0.6) is 0 Å². The summed E-state index contributed by atoms with van der Waals surface area (Å²) in [6.45, 7) is 7.55. The minimum absolute atomic E-state index is 0.0762. The SMILES string of the molecule is C=CCCCC1COC(c2ccc(C3CCC(C4CCC(C)CC4)CC3)c(F)c2)OC1. The molecule has 31 heavy (non-hydrogen) atoms. The number of benzene rings is 1. The van der Waals surface area contributed by atoms with E-state index in [4.69, 9.17) is 9.47 Å². The lowest BCUT2D eigenvalue weighted by atomic mass is 9.68. The van der Waals surface area contributed by atoms with Crippen LogP contribution in [0, 0.1) is 29.5 Å². The predicted octanol–water partition coefficient (Wildman–Crippen LogP) is 7.94. The highest BCUT2D eigenvalue weighted by Gasteiger charge is 2.31. The van der Waals surface area contributed by atoms with Crippen LogP contribution in [0.1, 0.15) is 101 Å². The first kappa shape index (κ1) is 23.0. The van der Waals surface area contributed by atoms with E-state index in [0.717, 1.165) is 61.0 Å². The summed E-state index contributed by atoms with van der Waals surface area (Å²) >= 11 is 0. The molecule has 1 heterocycles. The largest absolute Gasteiger partial charge is 0.348 e. The van der Waals surface area contributed by atoms with Crippen LogP contribution in [0.2, 0.25) is 0 Å². The highest BCUT2D eigenvalue weighted by atomic mass is 19.1. The van der Waals surface area contributed by atoms with Gasteiger partial charge < -0.3 is 9.47 Å². The van der Waals surface area contributed by atoms with Crippen LogP contribution in [0.4, 0.5) is 4.39 Å². The van der Waals surface area contributed by atoms with Crippen LogP contribution in [0.15, 0.2) is 30.9 Å². The van der Waals surface area contributed by atoms with E-state index < -0.39 is 6.29 Å². The van der Waals surface area contributed by atoms with Crippen molar-refractivity contribution in [2.75, 3.05) is 13.2 Å². The molecule has 2 saturated carbocycles. The van der Waals surface area contributed by atoms with E-state index in [0.29, 0.717) is 25.0 Å². The molecule has 0 atom stereocenters. The third kappa shape index (κ3) is 5.99. The third-order valence-corrected chi connectivity index (χ3v) is 8.22. The second-order valence-electron chi connectivity index (χ2n) is 10.5. The van der Waals surface area contributed by atoms with Gasteiger partial charge in [-0.05, 0) is 93.1 Å². The van der Waals surface area contributed by atoms with E-state index in [1.807, 2.05) is 18.2 Å². The normalized spacial score (nSPS) is 34.4. The van der Waals surface area contributed by atoms with Gasteiger partial charge >= 0.3 is 0 Å². The van der Waals surface area contributed by atoms with Gasteiger partial charge in [0.2, 0.25) is 0 Å². The summed E-state index contributed by atoms with van der Waals surface area (Å²) in [5.41, 5.74) is 1.72. The summed E-state index contributed by atoms with van der Waals surface area (Å²) in [6, 6.07) is 5.68. The summed E-state index contributed by atoms with van der Waals surface area (Å²) in [5.74, 6) is 3.44. The highest BCUT2D eigenvalue weighted by Crippen LogP contribution is 2.44. The molecule has 1 aliphatic heterocycles. The van der Waals surface area contributed by atoms with Gasteiger partial charge in [0.15, 0.2) is 6.29 Å². The quantitative estimate of drug-likeness (QED) is 0.324. The molecular formula is C28H41FO2. The monoisotopic (exact) mass is 428 g/mol. The van der Waals surface area contributed by atoms with Crippen molar-refractivity contribution >= 4 is 0 Å². The fourth-order valence-electron chi connectivity index (χ4n) is 6.13. The van der Waals surface area contributed by atoms with Gasteiger partial charge in [-0.2, -0.15) is 0 Å². The highest BCUT2D eigenvalue weighted by molar-refractivity contribution is 5.28. The molecule has 2 nitrogen and oxygen atoms in total. The van der Waals surface area contributed by atoms with Crippen LogP contribution in [-0.2, 0) is 9.47 Å². The fraction of sp³-hybridized carbons (Fsp3) is 0.714. The number of allylic oxidation sites excluding steroid dienone is 1. The van der Waals surface area contributed by atoms with E-state index in [-0.39, 0.29) is 5.82 Å². The van der Waals surface area contributed by atoms with E-state index in [9.17, 15) is 0 Å². The number of hydrogen-bond donors (Lipinski definition) is 0. The lowest BCUT2D eigenvalue weighted by molar-refractivity contribution is -0.206. The maximum Gasteiger partial charge on any atom is 0.183 e. The molecule has 3 aliphatic rings. The second kappa shape index (κ2) is 11.1. The molecule has 0 unspecified atom stereocenters. The summed E-state index contributed by atoms with van der Waals surface area (Å²) in [5, 5.41) is 0. The molecule has 1 aromatic carbocycles. The van der Waals surface area contributed by atoms with Crippen molar-refractivity contribution in [3.8, 4) is 0 Å². The standard InChI is InChI=1S/C28H41FO2/c1-3-4-5-6-21-18-30-28(31-19-21)25-15-16-26(27(29)17-25)24-13-11-23(12-14-24)22-9-7-20(2)8-10-22/h3,15-17,20-24,28H,1,4-14,18-19H2,2H3. The lowest BCUT2D eigenvalue weighted by Gasteiger charge is -2.37. The van der Waals surface area contributed by atoms with E-state index in [2.05, 4.69) is 13.5 Å². The Balaban J connectivity index is 1.27. The summed E-state index contributed by atoms with van der Waals surface area (Å²) in [6.07, 6.45) is 15.2. The second-order valence-corrected chi connectivity index (χ2v) is 10.5. The molecule has 1 saturated heterocycles. The molecule has 4 rings (SSSR count). The van der Waals surface area contributed by atoms with Crippen molar-refractivity contribution in [3.05, 3.63) is 47.8 Å². The van der Waals surface area contributed by atoms with Crippen molar-refractivity contribution in [3.63, 3.8) is 0 Å². The molecule has 0 N–H and O–H groups in total. The van der Waals surface area contributed by atoms with Gasteiger partial charge in [-0.3, -0.25) is 0 Å². The fourth-order valence-corrected chi connectivity index (χ4v) is 6.13. The Morgan fingerprint density at radius 3 is 2.23 bits per heavy atom. The number of unbranched alkanes of at least 4 members (excludes halogenated alkanes) is 1. The van der Waals surface area contributed by atoms with E-state index in [1.165, 1.54) is 38.5 Å². The van der Waals surface area contributed by atoms with E-state index >= 15 is 4.39 Å². The van der Waals surface area contributed by atoms with Crippen molar-refractivity contribution < 1.29 is 13.9 Å². The summed E-state index contributed by atoms with van der Waals surface area (Å²) in [4.78, 5) is 0. The van der Waals surface area contributed by atoms with Crippen LogP contribution in [-0.4, -0.2) is 13.2 Å². The van der Waals surface area contributed by atoms with Crippen LogP contribution in [0.25, 0.3) is 0 Å². The van der Waals surface area contributed by atoms with Gasteiger partial charge in [0, 0.05) is 11.5 Å². The average Bonchev–Trinajstić information content (AvgIpc) is 2.80. The van der Waals surface area contributed by atoms with Gasteiger partial charge in [0.1, 0.15) is 5.82 Å². The molecule has 0 radical (unpaired) electrons. The topological polar surface area (TPSA) is 18.5 Å². The third-order valence-electron chi connectivity index (χ3n) is 8.22. The zero-order chi connectivity index (χ0) is 21.6. The minimum atomic E-state index is -0.427. The Hall–Kier alpha value is -1.19. The van der Waals surface area contributed by atoms with Gasteiger partial charge in [-0.1, -0.05) is 38.0 Å². The molecular weight excluding hydrogens is 387 g/mol. The van der Waals surface area contributed by atoms with Gasteiger partial charge in [0.05, 0.1) is 13.2 Å². The maximum absolute atomic E-state index is 15.0. The molecule has 0 aromatic heterocycles. The van der Waals surface area contributed by atoms with Crippen LogP contribution in [0.3, 0.4) is 0 Å². The van der Waals surface area contributed by atoms with Crippen molar-refractivity contribution in [1.82, 2.24) is 0 Å². The first-order valence-corrected chi connectivity index (χ1v) is 12.8. The summed E-state index contributed by atoms with van der Waals surface area (Å²) < 4.78 is 26.9. The maximum atomic E-state index is 15.0. The Labute approximate surface area is 188 Å². The van der Waals surface area contributed by atoms with Gasteiger partial charge in [-0.25, -0.2) is 4.39 Å². The number of halogens is 1. The molecule has 3 heteroatoms. The van der Waals surface area contributed by atoms with Crippen molar-refractivity contribution in [2.45, 2.75) is 89.8 Å². The Morgan fingerprint density at radius 2 is 1.61 bits per heavy atom. The molecule has 1 aromatic rings. The predicted molar refractivity (Wildman–Crippen MR) is 124 cm³/mol. The van der Waals surface area contributed by atoms with Gasteiger partial charge in [0.25, 0.3) is 0 Å². The zero-order valence-electron chi connectivity index (χ0n) is 19.4. The van der Waals surface area contributed by atoms with Crippen LogP contribution < -0.4 is 0 Å². The number of ether oxygens (including phenoxy) is 2. The lowest BCUT2D eigenvalue weighted by Crippen LogP contribution is -2.27. The first-order valence-electron chi connectivity index (χ1n) is 12.8. The molecule has 2 aliphatic carbocycles. The Kier molecular flexibility index (Phi) is 8.23. The summed E-state index contributed by atoms with van der Waals surface area (Å²) in [7, 11) is 0. The van der Waals surface area contributed by atoms with Crippen LogP contribution >= 0.6 is 0 Å². The smallest absolute Gasteiger partial charge is 0.183 e. The minimum Gasteiger partial charge on any atom is -0.348 e.